The average Bonchev–Trinajstić information content (AvgIpc) is 3.50. The zero-order valence-electron chi connectivity index (χ0n) is 20.0. The lowest BCUT2D eigenvalue weighted by Crippen LogP contribution is -2.17. The van der Waals surface area contributed by atoms with Crippen LogP contribution in [0.1, 0.15) is 45.2 Å². The van der Waals surface area contributed by atoms with Gasteiger partial charge in [0.2, 0.25) is 5.95 Å². The maximum absolute atomic E-state index is 5.48. The SMILES string of the molecule is C=C(/C=C(\NC)C1CCOC1)Nc1ccnc(NC(C)c2ccc3nc[nH]c3c2)n1.CCC. The zero-order chi connectivity index (χ0) is 23.6. The van der Waals surface area contributed by atoms with Crippen LogP contribution in [0.15, 0.2) is 60.8 Å². The lowest BCUT2D eigenvalue weighted by atomic mass is 10.0. The summed E-state index contributed by atoms with van der Waals surface area (Å²) in [5.74, 6) is 1.61. The topological polar surface area (TPSA) is 99.8 Å². The molecular weight excluding hydrogens is 414 g/mol. The number of allylic oxidation sites excluding steroid dienone is 1. The molecule has 1 saturated heterocycles. The van der Waals surface area contributed by atoms with Gasteiger partial charge in [-0.1, -0.05) is 32.9 Å². The normalized spacial score (nSPS) is 16.6. The Morgan fingerprint density at radius 2 is 2.12 bits per heavy atom. The van der Waals surface area contributed by atoms with Gasteiger partial charge >= 0.3 is 0 Å². The van der Waals surface area contributed by atoms with E-state index in [1.54, 1.807) is 12.5 Å². The highest BCUT2D eigenvalue weighted by Crippen LogP contribution is 2.22. The van der Waals surface area contributed by atoms with Crippen LogP contribution in [-0.2, 0) is 4.74 Å². The van der Waals surface area contributed by atoms with Gasteiger partial charge in [0.25, 0.3) is 0 Å². The van der Waals surface area contributed by atoms with Crippen LogP contribution in [0.3, 0.4) is 0 Å². The minimum atomic E-state index is 0.0364. The van der Waals surface area contributed by atoms with E-state index < -0.39 is 0 Å². The first-order chi connectivity index (χ1) is 16.0. The maximum Gasteiger partial charge on any atom is 0.225 e. The van der Waals surface area contributed by atoms with Gasteiger partial charge in [-0.15, -0.1) is 0 Å². The van der Waals surface area contributed by atoms with E-state index in [0.29, 0.717) is 17.7 Å². The molecule has 2 atom stereocenters. The van der Waals surface area contributed by atoms with E-state index in [0.717, 1.165) is 47.6 Å². The number of aromatic nitrogens is 4. The van der Waals surface area contributed by atoms with Crippen LogP contribution in [0.2, 0.25) is 0 Å². The molecule has 8 nitrogen and oxygen atoms in total. The van der Waals surface area contributed by atoms with Crippen LogP contribution >= 0.6 is 0 Å². The zero-order valence-corrected chi connectivity index (χ0v) is 20.0. The van der Waals surface area contributed by atoms with E-state index >= 15 is 0 Å². The number of ether oxygens (including phenoxy) is 1. The van der Waals surface area contributed by atoms with Gasteiger partial charge in [-0.05, 0) is 43.2 Å². The second-order valence-electron chi connectivity index (χ2n) is 8.08. The van der Waals surface area contributed by atoms with Crippen LogP contribution in [0.4, 0.5) is 11.8 Å². The van der Waals surface area contributed by atoms with Crippen LogP contribution in [0.25, 0.3) is 11.0 Å². The molecule has 4 N–H and O–H groups in total. The number of H-pyrrole nitrogens is 1. The number of anilines is 2. The highest BCUT2D eigenvalue weighted by atomic mass is 16.5. The van der Waals surface area contributed by atoms with Gasteiger partial charge in [0.1, 0.15) is 5.82 Å². The summed E-state index contributed by atoms with van der Waals surface area (Å²) in [5.41, 5.74) is 4.95. The van der Waals surface area contributed by atoms with Crippen LogP contribution < -0.4 is 16.0 Å². The minimum Gasteiger partial charge on any atom is -0.391 e. The summed E-state index contributed by atoms with van der Waals surface area (Å²) >= 11 is 0. The van der Waals surface area contributed by atoms with Crippen molar-refractivity contribution in [2.24, 2.45) is 5.92 Å². The summed E-state index contributed by atoms with van der Waals surface area (Å²) < 4.78 is 5.48. The number of aromatic amines is 1. The molecule has 1 fully saturated rings. The Bertz CT molecular complexity index is 1070. The van der Waals surface area contributed by atoms with Gasteiger partial charge in [0.15, 0.2) is 0 Å². The lowest BCUT2D eigenvalue weighted by Gasteiger charge is -2.16. The first-order valence-corrected chi connectivity index (χ1v) is 11.5. The Balaban J connectivity index is 0.000000968. The van der Waals surface area contributed by atoms with Crippen molar-refractivity contribution >= 4 is 22.8 Å². The molecule has 0 saturated carbocycles. The molecule has 0 aliphatic carbocycles. The maximum atomic E-state index is 5.48. The molecule has 3 heterocycles. The van der Waals surface area contributed by atoms with Crippen molar-refractivity contribution in [3.63, 3.8) is 0 Å². The smallest absolute Gasteiger partial charge is 0.225 e. The summed E-state index contributed by atoms with van der Waals surface area (Å²) in [6, 6.07) is 8.00. The molecule has 4 rings (SSSR count). The molecule has 0 amide bonds. The summed E-state index contributed by atoms with van der Waals surface area (Å²) in [5, 5.41) is 9.86. The predicted octanol–water partition coefficient (Wildman–Crippen LogP) is 5.01. The van der Waals surface area contributed by atoms with Crippen molar-refractivity contribution in [3.8, 4) is 0 Å². The largest absolute Gasteiger partial charge is 0.391 e. The first kappa shape index (κ1) is 24.3. The number of fused-ring (bicyclic) bond motifs is 1. The van der Waals surface area contributed by atoms with E-state index in [2.05, 4.69) is 75.4 Å². The van der Waals surface area contributed by atoms with Crippen molar-refractivity contribution in [2.75, 3.05) is 30.9 Å². The van der Waals surface area contributed by atoms with Gasteiger partial charge in [-0.3, -0.25) is 0 Å². The van der Waals surface area contributed by atoms with Crippen molar-refractivity contribution < 1.29 is 4.74 Å². The third-order valence-electron chi connectivity index (χ3n) is 5.22. The quantitative estimate of drug-likeness (QED) is 0.359. The third kappa shape index (κ3) is 6.79. The van der Waals surface area contributed by atoms with E-state index in [1.165, 1.54) is 6.42 Å². The fraction of sp³-hybridized carbons (Fsp3) is 0.400. The third-order valence-corrected chi connectivity index (χ3v) is 5.22. The second-order valence-corrected chi connectivity index (χ2v) is 8.08. The molecule has 33 heavy (non-hydrogen) atoms. The number of imidazole rings is 1. The Morgan fingerprint density at radius 1 is 1.30 bits per heavy atom. The Labute approximate surface area is 196 Å². The number of nitrogens with zero attached hydrogens (tertiary/aromatic N) is 3. The first-order valence-electron chi connectivity index (χ1n) is 11.5. The molecule has 0 bridgehead atoms. The summed E-state index contributed by atoms with van der Waals surface area (Å²) in [6.07, 6.45) is 7.70. The van der Waals surface area contributed by atoms with Gasteiger partial charge < -0.3 is 25.7 Å². The number of benzene rings is 1. The fourth-order valence-electron chi connectivity index (χ4n) is 3.56. The monoisotopic (exact) mass is 449 g/mol. The van der Waals surface area contributed by atoms with Crippen molar-refractivity contribution in [2.45, 2.75) is 39.7 Å². The Hall–Kier alpha value is -3.39. The number of hydrogen-bond donors (Lipinski definition) is 4. The molecule has 176 valence electrons. The van der Waals surface area contributed by atoms with Crippen molar-refractivity contribution in [1.29, 1.82) is 0 Å². The van der Waals surface area contributed by atoms with Gasteiger partial charge in [-0.2, -0.15) is 4.98 Å². The van der Waals surface area contributed by atoms with Gasteiger partial charge in [0.05, 0.1) is 30.0 Å². The Morgan fingerprint density at radius 3 is 2.85 bits per heavy atom. The average molecular weight is 450 g/mol. The number of nitrogens with one attached hydrogen (secondary N) is 4. The molecule has 1 aliphatic heterocycles. The molecule has 3 aromatic rings. The molecule has 1 aliphatic rings. The van der Waals surface area contributed by atoms with Gasteiger partial charge in [0, 0.05) is 37.2 Å². The van der Waals surface area contributed by atoms with Crippen LogP contribution in [-0.4, -0.2) is 40.2 Å². The van der Waals surface area contributed by atoms with E-state index in [4.69, 9.17) is 4.74 Å². The van der Waals surface area contributed by atoms with E-state index in [-0.39, 0.29) is 6.04 Å². The summed E-state index contributed by atoms with van der Waals surface area (Å²) in [4.78, 5) is 16.3. The molecule has 2 unspecified atom stereocenters. The van der Waals surface area contributed by atoms with Crippen LogP contribution in [0.5, 0.6) is 0 Å². The number of hydrogen-bond acceptors (Lipinski definition) is 7. The minimum absolute atomic E-state index is 0.0364. The van der Waals surface area contributed by atoms with E-state index in [9.17, 15) is 0 Å². The standard InChI is InChI=1S/C22H27N7O.C3H8/c1-14(10-19(23-3)17-7-9-30-12-17)27-21-6-8-24-22(29-21)28-15(2)16-4-5-18-20(11-16)26-13-25-18;1-3-2/h4-6,8,10-11,13,15,17,23H,1,7,9,12H2,2-3H3,(H,25,26)(H2,24,27,28,29);3H2,1-2H3/b19-10-;. The molecular formula is C25H35N7O. The van der Waals surface area contributed by atoms with E-state index in [1.807, 2.05) is 25.3 Å². The predicted molar refractivity (Wildman–Crippen MR) is 135 cm³/mol. The summed E-state index contributed by atoms with van der Waals surface area (Å²) in [6.45, 7) is 12.0. The summed E-state index contributed by atoms with van der Waals surface area (Å²) in [7, 11) is 1.92. The second kappa shape index (κ2) is 12.0. The molecule has 8 heteroatoms. The van der Waals surface area contributed by atoms with Gasteiger partial charge in [-0.25, -0.2) is 9.97 Å². The van der Waals surface area contributed by atoms with Crippen molar-refractivity contribution in [1.82, 2.24) is 25.3 Å². The fourth-order valence-corrected chi connectivity index (χ4v) is 3.56. The highest BCUT2D eigenvalue weighted by molar-refractivity contribution is 5.75. The molecule has 1 aromatic carbocycles. The van der Waals surface area contributed by atoms with Crippen LogP contribution in [0, 0.1) is 5.92 Å². The van der Waals surface area contributed by atoms with Crippen molar-refractivity contribution in [3.05, 3.63) is 66.4 Å². The highest BCUT2D eigenvalue weighted by Gasteiger charge is 2.19. The molecule has 2 aromatic heterocycles. The number of rotatable bonds is 8. The molecule has 0 spiro atoms. The Kier molecular flexibility index (Phi) is 8.83. The lowest BCUT2D eigenvalue weighted by molar-refractivity contribution is 0.189. The molecule has 0 radical (unpaired) electrons.